The van der Waals surface area contributed by atoms with Crippen molar-refractivity contribution in [2.75, 3.05) is 11.4 Å². The number of fused-ring (bicyclic) bond motifs is 1. The van der Waals surface area contributed by atoms with Crippen LogP contribution >= 0.6 is 11.3 Å². The number of rotatable bonds is 2. The number of hydrogen-bond acceptors (Lipinski definition) is 5. The minimum absolute atomic E-state index is 0.482. The average Bonchev–Trinajstić information content (AvgIpc) is 2.94. The van der Waals surface area contributed by atoms with Crippen molar-refractivity contribution >= 4 is 23.1 Å². The van der Waals surface area contributed by atoms with Gasteiger partial charge in [0.15, 0.2) is 6.04 Å². The fraction of sp³-hybridized carbons (Fsp3) is 0.214. The summed E-state index contributed by atoms with van der Waals surface area (Å²) in [7, 11) is 0. The van der Waals surface area contributed by atoms with Crippen LogP contribution in [0.1, 0.15) is 22.0 Å². The first-order chi connectivity index (χ1) is 9.70. The smallest absolute Gasteiger partial charge is 0.331 e. The van der Waals surface area contributed by atoms with Gasteiger partial charge in [-0.1, -0.05) is 0 Å². The lowest BCUT2D eigenvalue weighted by Gasteiger charge is -2.34. The summed E-state index contributed by atoms with van der Waals surface area (Å²) >= 11 is 1.59. The normalized spacial score (nSPS) is 17.4. The number of nitriles is 1. The van der Waals surface area contributed by atoms with Crippen molar-refractivity contribution in [2.24, 2.45) is 0 Å². The second-order valence-electron chi connectivity index (χ2n) is 4.50. The number of pyridine rings is 1. The number of carboxylic acids is 1. The molecule has 1 atom stereocenters. The molecule has 0 aromatic carbocycles. The molecule has 20 heavy (non-hydrogen) atoms. The first-order valence-electron chi connectivity index (χ1n) is 6.12. The highest BCUT2D eigenvalue weighted by Gasteiger charge is 2.34. The van der Waals surface area contributed by atoms with E-state index >= 15 is 0 Å². The quantitative estimate of drug-likeness (QED) is 0.915. The topological polar surface area (TPSA) is 77.2 Å². The lowest BCUT2D eigenvalue weighted by Crippen LogP contribution is -2.39. The van der Waals surface area contributed by atoms with Crippen LogP contribution in [-0.2, 0) is 11.2 Å². The highest BCUT2D eigenvalue weighted by molar-refractivity contribution is 7.10. The Morgan fingerprint density at radius 2 is 2.40 bits per heavy atom. The van der Waals surface area contributed by atoms with E-state index in [1.807, 2.05) is 11.4 Å². The van der Waals surface area contributed by atoms with E-state index in [0.29, 0.717) is 17.9 Å². The molecule has 6 heteroatoms. The summed E-state index contributed by atoms with van der Waals surface area (Å²) < 4.78 is 0. The molecule has 0 spiro atoms. The molecule has 0 amide bonds. The van der Waals surface area contributed by atoms with Gasteiger partial charge in [-0.2, -0.15) is 5.26 Å². The van der Waals surface area contributed by atoms with Crippen molar-refractivity contribution in [1.29, 1.82) is 5.26 Å². The van der Waals surface area contributed by atoms with Crippen LogP contribution < -0.4 is 4.90 Å². The van der Waals surface area contributed by atoms with Gasteiger partial charge in [-0.15, -0.1) is 11.3 Å². The molecule has 1 aliphatic heterocycles. The summed E-state index contributed by atoms with van der Waals surface area (Å²) in [6.45, 7) is 0.590. The minimum atomic E-state index is -0.895. The summed E-state index contributed by atoms with van der Waals surface area (Å²) in [6, 6.07) is 6.43. The van der Waals surface area contributed by atoms with Gasteiger partial charge in [-0.3, -0.25) is 0 Å². The zero-order valence-corrected chi connectivity index (χ0v) is 11.3. The number of hydrogen-bond donors (Lipinski definition) is 1. The van der Waals surface area contributed by atoms with Crippen LogP contribution in [0.4, 0.5) is 5.82 Å². The van der Waals surface area contributed by atoms with Crippen molar-refractivity contribution in [2.45, 2.75) is 12.5 Å². The van der Waals surface area contributed by atoms with Crippen LogP contribution in [-0.4, -0.2) is 22.6 Å². The van der Waals surface area contributed by atoms with E-state index in [4.69, 9.17) is 5.26 Å². The van der Waals surface area contributed by atoms with Crippen LogP contribution in [0.3, 0.4) is 0 Å². The van der Waals surface area contributed by atoms with Crippen LogP contribution in [0, 0.1) is 11.3 Å². The van der Waals surface area contributed by atoms with E-state index < -0.39 is 12.0 Å². The summed E-state index contributed by atoms with van der Waals surface area (Å²) in [5.41, 5.74) is 1.31. The van der Waals surface area contributed by atoms with Crippen LogP contribution in [0.2, 0.25) is 0 Å². The maximum absolute atomic E-state index is 11.6. The Hall–Kier alpha value is -2.39. The third kappa shape index (κ3) is 2.02. The van der Waals surface area contributed by atoms with Gasteiger partial charge < -0.3 is 10.0 Å². The van der Waals surface area contributed by atoms with Crippen LogP contribution in [0.25, 0.3) is 0 Å². The molecule has 0 saturated carbocycles. The van der Waals surface area contributed by atoms with Crippen LogP contribution in [0.5, 0.6) is 0 Å². The van der Waals surface area contributed by atoms with Gasteiger partial charge in [0, 0.05) is 17.6 Å². The first kappa shape index (κ1) is 12.6. The Bertz CT molecular complexity index is 704. The van der Waals surface area contributed by atoms with Crippen molar-refractivity contribution < 1.29 is 9.90 Å². The second-order valence-corrected chi connectivity index (χ2v) is 5.50. The number of carbonyl (C=O) groups is 1. The lowest BCUT2D eigenvalue weighted by molar-refractivity contribution is -0.138. The number of carboxylic acid groups (broad SMARTS) is 1. The SMILES string of the molecule is N#Cc1ccnc(N2CCc3sccc3C2C(=O)O)c1. The maximum Gasteiger partial charge on any atom is 0.331 e. The number of nitrogens with zero attached hydrogens (tertiary/aromatic N) is 3. The Balaban J connectivity index is 2.05. The highest BCUT2D eigenvalue weighted by Crippen LogP contribution is 2.35. The molecule has 100 valence electrons. The predicted octanol–water partition coefficient (Wildman–Crippen LogP) is 2.20. The van der Waals surface area contributed by atoms with Crippen molar-refractivity contribution in [3.63, 3.8) is 0 Å². The van der Waals surface area contributed by atoms with E-state index in [1.165, 1.54) is 6.20 Å². The summed E-state index contributed by atoms with van der Waals surface area (Å²) in [4.78, 5) is 18.7. The molecule has 0 aliphatic carbocycles. The Morgan fingerprint density at radius 1 is 1.55 bits per heavy atom. The minimum Gasteiger partial charge on any atom is -0.479 e. The van der Waals surface area contributed by atoms with Crippen LogP contribution in [0.15, 0.2) is 29.8 Å². The summed E-state index contributed by atoms with van der Waals surface area (Å²) in [5, 5.41) is 20.4. The number of anilines is 1. The lowest BCUT2D eigenvalue weighted by atomic mass is 10.00. The Morgan fingerprint density at radius 3 is 3.15 bits per heavy atom. The zero-order chi connectivity index (χ0) is 14.1. The van der Waals surface area contributed by atoms with Gasteiger partial charge in [0.05, 0.1) is 11.6 Å². The Labute approximate surface area is 119 Å². The molecule has 0 radical (unpaired) electrons. The van der Waals surface area contributed by atoms with Gasteiger partial charge in [-0.05, 0) is 35.6 Å². The molecule has 0 fully saturated rings. The van der Waals surface area contributed by atoms with E-state index in [1.54, 1.807) is 28.4 Å². The molecule has 3 heterocycles. The van der Waals surface area contributed by atoms with Gasteiger partial charge in [0.2, 0.25) is 0 Å². The monoisotopic (exact) mass is 285 g/mol. The van der Waals surface area contributed by atoms with Gasteiger partial charge in [0.25, 0.3) is 0 Å². The van der Waals surface area contributed by atoms with E-state index in [2.05, 4.69) is 11.1 Å². The van der Waals surface area contributed by atoms with Crippen molar-refractivity contribution in [3.05, 3.63) is 45.8 Å². The van der Waals surface area contributed by atoms with Gasteiger partial charge >= 0.3 is 5.97 Å². The highest BCUT2D eigenvalue weighted by atomic mass is 32.1. The molecule has 0 saturated heterocycles. The van der Waals surface area contributed by atoms with Crippen molar-refractivity contribution in [3.8, 4) is 6.07 Å². The van der Waals surface area contributed by atoms with E-state index in [9.17, 15) is 9.90 Å². The molecule has 1 unspecified atom stereocenters. The molecule has 2 aromatic rings. The molecule has 2 aromatic heterocycles. The molecule has 0 bridgehead atoms. The molecule has 1 aliphatic rings. The largest absolute Gasteiger partial charge is 0.479 e. The summed E-state index contributed by atoms with van der Waals surface area (Å²) in [6.07, 6.45) is 2.34. The third-order valence-corrected chi connectivity index (χ3v) is 4.37. The molecule has 3 rings (SSSR count). The molecular formula is C14H11N3O2S. The maximum atomic E-state index is 11.6. The van der Waals surface area contributed by atoms with E-state index in [-0.39, 0.29) is 0 Å². The van der Waals surface area contributed by atoms with E-state index in [0.717, 1.165) is 16.9 Å². The summed E-state index contributed by atoms with van der Waals surface area (Å²) in [5.74, 6) is -0.359. The third-order valence-electron chi connectivity index (χ3n) is 3.37. The second kappa shape index (κ2) is 4.94. The van der Waals surface area contributed by atoms with Gasteiger partial charge in [-0.25, -0.2) is 9.78 Å². The number of aromatic nitrogens is 1. The molecule has 1 N–H and O–H groups in total. The van der Waals surface area contributed by atoms with Gasteiger partial charge in [0.1, 0.15) is 5.82 Å². The molecular weight excluding hydrogens is 274 g/mol. The first-order valence-corrected chi connectivity index (χ1v) is 7.00. The zero-order valence-electron chi connectivity index (χ0n) is 10.5. The number of aliphatic carboxylic acids is 1. The predicted molar refractivity (Wildman–Crippen MR) is 74.7 cm³/mol. The fourth-order valence-corrected chi connectivity index (χ4v) is 3.38. The standard InChI is InChI=1S/C14H11N3O2S/c15-8-9-1-4-16-12(7-9)17-5-2-11-10(3-6-20-11)13(17)14(18)19/h1,3-4,6-7,13H,2,5H2,(H,18,19). The Kier molecular flexibility index (Phi) is 3.12. The number of thiophene rings is 1. The van der Waals surface area contributed by atoms with Crippen molar-refractivity contribution in [1.82, 2.24) is 4.98 Å². The fourth-order valence-electron chi connectivity index (χ4n) is 2.47. The average molecular weight is 285 g/mol. The molecule has 5 nitrogen and oxygen atoms in total.